The lowest BCUT2D eigenvalue weighted by Crippen LogP contribution is -2.45. The molecule has 0 spiro atoms. The van der Waals surface area contributed by atoms with Gasteiger partial charge in [-0.25, -0.2) is 9.97 Å². The smallest absolute Gasteiger partial charge is 0.242 e. The van der Waals surface area contributed by atoms with Crippen LogP contribution < -0.4 is 0 Å². The van der Waals surface area contributed by atoms with Gasteiger partial charge in [0.1, 0.15) is 5.82 Å². The van der Waals surface area contributed by atoms with E-state index in [-0.39, 0.29) is 5.92 Å². The van der Waals surface area contributed by atoms with Crippen LogP contribution in [0.2, 0.25) is 0 Å². The van der Waals surface area contributed by atoms with Gasteiger partial charge in [0.2, 0.25) is 0 Å². The van der Waals surface area contributed by atoms with E-state index in [1.165, 1.54) is 4.31 Å². The Morgan fingerprint density at radius 3 is 2.79 bits per heavy atom. The second kappa shape index (κ2) is 5.52. The standard InChI is InChI=1S/C12H20N4O2S/c1-10-13-7-6-12(14-10)11-5-4-8-16(9-11)19(17,18)15(2)3/h6-7,11H,4-5,8-9H2,1-3H3. The molecule has 1 aromatic heterocycles. The van der Waals surface area contributed by atoms with Crippen molar-refractivity contribution in [2.75, 3.05) is 27.2 Å². The summed E-state index contributed by atoms with van der Waals surface area (Å²) in [6.45, 7) is 2.93. The second-order valence-electron chi connectivity index (χ2n) is 5.02. The third kappa shape index (κ3) is 3.10. The van der Waals surface area contributed by atoms with Crippen LogP contribution in [-0.2, 0) is 10.2 Å². The van der Waals surface area contributed by atoms with Crippen molar-refractivity contribution in [3.8, 4) is 0 Å². The maximum Gasteiger partial charge on any atom is 0.281 e. The van der Waals surface area contributed by atoms with Crippen molar-refractivity contribution >= 4 is 10.2 Å². The van der Waals surface area contributed by atoms with E-state index in [4.69, 9.17) is 0 Å². The van der Waals surface area contributed by atoms with Gasteiger partial charge in [-0.3, -0.25) is 0 Å². The van der Waals surface area contributed by atoms with E-state index in [2.05, 4.69) is 9.97 Å². The molecule has 0 radical (unpaired) electrons. The number of aryl methyl sites for hydroxylation is 1. The number of aromatic nitrogens is 2. The Balaban J connectivity index is 2.18. The van der Waals surface area contributed by atoms with Crippen LogP contribution in [0.5, 0.6) is 0 Å². The number of rotatable bonds is 3. The van der Waals surface area contributed by atoms with Crippen LogP contribution in [0.15, 0.2) is 12.3 Å². The van der Waals surface area contributed by atoms with E-state index < -0.39 is 10.2 Å². The molecule has 6 nitrogen and oxygen atoms in total. The molecular weight excluding hydrogens is 264 g/mol. The van der Waals surface area contributed by atoms with Gasteiger partial charge in [-0.1, -0.05) is 0 Å². The van der Waals surface area contributed by atoms with Crippen molar-refractivity contribution in [3.05, 3.63) is 23.8 Å². The Morgan fingerprint density at radius 1 is 1.42 bits per heavy atom. The molecule has 0 bridgehead atoms. The Hall–Kier alpha value is -1.05. The van der Waals surface area contributed by atoms with Crippen LogP contribution in [0.1, 0.15) is 30.3 Å². The first kappa shape index (κ1) is 14.4. The largest absolute Gasteiger partial charge is 0.281 e. The molecule has 1 aliphatic heterocycles. The van der Waals surface area contributed by atoms with Gasteiger partial charge in [-0.05, 0) is 25.8 Å². The highest BCUT2D eigenvalue weighted by molar-refractivity contribution is 7.86. The Morgan fingerprint density at radius 2 is 2.16 bits per heavy atom. The fourth-order valence-corrected chi connectivity index (χ4v) is 3.52. The van der Waals surface area contributed by atoms with Gasteiger partial charge in [0.15, 0.2) is 0 Å². The molecule has 1 unspecified atom stereocenters. The van der Waals surface area contributed by atoms with Crippen molar-refractivity contribution < 1.29 is 8.42 Å². The fraction of sp³-hybridized carbons (Fsp3) is 0.667. The van der Waals surface area contributed by atoms with Crippen LogP contribution in [0, 0.1) is 6.92 Å². The van der Waals surface area contributed by atoms with Gasteiger partial charge in [-0.15, -0.1) is 0 Å². The highest BCUT2D eigenvalue weighted by atomic mass is 32.2. The third-order valence-electron chi connectivity index (χ3n) is 3.39. The van der Waals surface area contributed by atoms with Crippen molar-refractivity contribution in [3.63, 3.8) is 0 Å². The molecule has 0 amide bonds. The lowest BCUT2D eigenvalue weighted by molar-refractivity contribution is 0.296. The average molecular weight is 284 g/mol. The normalized spacial score (nSPS) is 21.8. The predicted molar refractivity (Wildman–Crippen MR) is 72.9 cm³/mol. The molecule has 7 heteroatoms. The summed E-state index contributed by atoms with van der Waals surface area (Å²) in [4.78, 5) is 8.49. The molecule has 1 saturated heterocycles. The second-order valence-corrected chi connectivity index (χ2v) is 7.16. The van der Waals surface area contributed by atoms with Gasteiger partial charge < -0.3 is 0 Å². The zero-order chi connectivity index (χ0) is 14.0. The zero-order valence-electron chi connectivity index (χ0n) is 11.6. The first-order valence-corrected chi connectivity index (χ1v) is 7.78. The Labute approximate surface area is 114 Å². The monoisotopic (exact) mass is 284 g/mol. The minimum Gasteiger partial charge on any atom is -0.242 e. The Bertz CT molecular complexity index is 544. The summed E-state index contributed by atoms with van der Waals surface area (Å²) >= 11 is 0. The number of nitrogens with zero attached hydrogens (tertiary/aromatic N) is 4. The third-order valence-corrected chi connectivity index (χ3v) is 5.29. The molecule has 0 N–H and O–H groups in total. The van der Waals surface area contributed by atoms with Gasteiger partial charge >= 0.3 is 0 Å². The summed E-state index contributed by atoms with van der Waals surface area (Å²) in [6, 6.07) is 1.88. The van der Waals surface area contributed by atoms with Gasteiger partial charge in [0.05, 0.1) is 0 Å². The van der Waals surface area contributed by atoms with Crippen molar-refractivity contribution in [1.82, 2.24) is 18.6 Å². The van der Waals surface area contributed by atoms with Gasteiger partial charge in [0, 0.05) is 45.0 Å². The first-order valence-electron chi connectivity index (χ1n) is 6.38. The predicted octanol–water partition coefficient (Wildman–Crippen LogP) is 0.771. The molecule has 0 aromatic carbocycles. The average Bonchev–Trinajstić information content (AvgIpc) is 2.38. The molecule has 0 saturated carbocycles. The van der Waals surface area contributed by atoms with E-state index >= 15 is 0 Å². The number of hydrogen-bond donors (Lipinski definition) is 0. The highest BCUT2D eigenvalue weighted by Gasteiger charge is 2.31. The fourth-order valence-electron chi connectivity index (χ4n) is 2.33. The molecule has 2 heterocycles. The van der Waals surface area contributed by atoms with E-state index in [1.54, 1.807) is 24.6 Å². The van der Waals surface area contributed by atoms with Crippen molar-refractivity contribution in [2.45, 2.75) is 25.7 Å². The van der Waals surface area contributed by atoms with E-state index in [1.807, 2.05) is 13.0 Å². The van der Waals surface area contributed by atoms with E-state index in [0.717, 1.165) is 24.4 Å². The molecule has 1 fully saturated rings. The van der Waals surface area contributed by atoms with Gasteiger partial charge in [0.25, 0.3) is 10.2 Å². The summed E-state index contributed by atoms with van der Waals surface area (Å²) < 4.78 is 27.1. The maximum atomic E-state index is 12.1. The number of piperidine rings is 1. The quantitative estimate of drug-likeness (QED) is 0.822. The van der Waals surface area contributed by atoms with Crippen molar-refractivity contribution in [1.29, 1.82) is 0 Å². The minimum absolute atomic E-state index is 0.158. The molecule has 0 aliphatic carbocycles. The molecule has 1 aromatic rings. The van der Waals surface area contributed by atoms with Crippen LogP contribution in [0.25, 0.3) is 0 Å². The molecule has 106 valence electrons. The summed E-state index contributed by atoms with van der Waals surface area (Å²) in [5.41, 5.74) is 0.936. The van der Waals surface area contributed by atoms with Crippen LogP contribution in [0.4, 0.5) is 0 Å². The minimum atomic E-state index is -3.33. The van der Waals surface area contributed by atoms with Gasteiger partial charge in [-0.2, -0.15) is 17.0 Å². The summed E-state index contributed by atoms with van der Waals surface area (Å²) in [7, 11) is -0.201. The Kier molecular flexibility index (Phi) is 4.17. The van der Waals surface area contributed by atoms with E-state index in [0.29, 0.717) is 13.1 Å². The molecule has 2 rings (SSSR count). The molecule has 1 aliphatic rings. The summed E-state index contributed by atoms with van der Waals surface area (Å²) in [5, 5.41) is 0. The summed E-state index contributed by atoms with van der Waals surface area (Å²) in [6.07, 6.45) is 3.56. The summed E-state index contributed by atoms with van der Waals surface area (Å²) in [5.74, 6) is 0.885. The van der Waals surface area contributed by atoms with Crippen LogP contribution in [-0.4, -0.2) is 54.2 Å². The van der Waals surface area contributed by atoms with E-state index in [9.17, 15) is 8.42 Å². The molecule has 1 atom stereocenters. The highest BCUT2D eigenvalue weighted by Crippen LogP contribution is 2.27. The maximum absolute atomic E-state index is 12.1. The number of hydrogen-bond acceptors (Lipinski definition) is 4. The first-order chi connectivity index (χ1) is 8.91. The lowest BCUT2D eigenvalue weighted by atomic mass is 9.96. The molecular formula is C12H20N4O2S. The SMILES string of the molecule is Cc1nccc(C2CCCN(S(=O)(=O)N(C)C)C2)n1. The lowest BCUT2D eigenvalue weighted by Gasteiger charge is -2.33. The van der Waals surface area contributed by atoms with Crippen LogP contribution >= 0.6 is 0 Å². The zero-order valence-corrected chi connectivity index (χ0v) is 12.4. The van der Waals surface area contributed by atoms with Crippen molar-refractivity contribution in [2.24, 2.45) is 0 Å². The van der Waals surface area contributed by atoms with Crippen LogP contribution in [0.3, 0.4) is 0 Å². The topological polar surface area (TPSA) is 66.4 Å². The molecule has 19 heavy (non-hydrogen) atoms.